The van der Waals surface area contributed by atoms with Crippen LogP contribution in [0.2, 0.25) is 0 Å². The van der Waals surface area contributed by atoms with Crippen molar-refractivity contribution < 1.29 is 18.3 Å². The Morgan fingerprint density at radius 1 is 1.16 bits per heavy atom. The molecule has 32 heavy (non-hydrogen) atoms. The van der Waals surface area contributed by atoms with Crippen molar-refractivity contribution in [2.24, 2.45) is 4.99 Å². The van der Waals surface area contributed by atoms with Crippen molar-refractivity contribution >= 4 is 29.9 Å². The number of hydrogen-bond donors (Lipinski definition) is 1. The van der Waals surface area contributed by atoms with E-state index < -0.39 is 17.0 Å². The number of benzene rings is 1. The van der Waals surface area contributed by atoms with Crippen LogP contribution < -0.4 is 5.32 Å². The highest BCUT2D eigenvalue weighted by molar-refractivity contribution is 14.0. The second-order valence-corrected chi connectivity index (χ2v) is 8.66. The Hall–Kier alpha value is -1.00. The van der Waals surface area contributed by atoms with Crippen molar-refractivity contribution in [1.82, 2.24) is 10.2 Å². The van der Waals surface area contributed by atoms with E-state index in [4.69, 9.17) is 14.5 Å². The van der Waals surface area contributed by atoms with E-state index >= 15 is 0 Å². The standard InChI is InChI=1S/C24H37F2N3O2.HI/c1-3-27-23(29-14-10-19(11-15-29)31-17-7-16-30-2)28-18-24(12-4-5-13-24)22-20(25)8-6-9-21(22)26;/h6,8-9,19H,3-5,7,10-18H2,1-2H3,(H,27,28);1H. The van der Waals surface area contributed by atoms with Gasteiger partial charge in [-0.05, 0) is 51.2 Å². The highest BCUT2D eigenvalue weighted by Crippen LogP contribution is 2.43. The fraction of sp³-hybridized carbons (Fsp3) is 0.708. The first-order valence-electron chi connectivity index (χ1n) is 11.7. The van der Waals surface area contributed by atoms with Gasteiger partial charge in [0.1, 0.15) is 11.6 Å². The molecular weight excluding hydrogens is 527 g/mol. The lowest BCUT2D eigenvalue weighted by Gasteiger charge is -2.35. The Morgan fingerprint density at radius 2 is 1.81 bits per heavy atom. The quantitative estimate of drug-likeness (QED) is 0.201. The number of piperidine rings is 1. The topological polar surface area (TPSA) is 46.1 Å². The van der Waals surface area contributed by atoms with Crippen LogP contribution in [-0.4, -0.2) is 63.5 Å². The maximum Gasteiger partial charge on any atom is 0.193 e. The van der Waals surface area contributed by atoms with Gasteiger partial charge in [0.05, 0.1) is 12.6 Å². The number of methoxy groups -OCH3 is 1. The van der Waals surface area contributed by atoms with Crippen molar-refractivity contribution in [2.75, 3.05) is 46.5 Å². The average Bonchev–Trinajstić information content (AvgIpc) is 3.24. The molecule has 2 aliphatic rings. The number of nitrogens with one attached hydrogen (secondary N) is 1. The van der Waals surface area contributed by atoms with Gasteiger partial charge in [-0.25, -0.2) is 8.78 Å². The molecule has 0 atom stereocenters. The summed E-state index contributed by atoms with van der Waals surface area (Å²) in [6.45, 7) is 6.38. The summed E-state index contributed by atoms with van der Waals surface area (Å²) in [4.78, 5) is 7.15. The summed E-state index contributed by atoms with van der Waals surface area (Å²) in [6.07, 6.45) is 6.57. The number of guanidine groups is 1. The zero-order valence-corrected chi connectivity index (χ0v) is 21.7. The van der Waals surface area contributed by atoms with E-state index in [0.29, 0.717) is 6.54 Å². The van der Waals surface area contributed by atoms with E-state index in [1.54, 1.807) is 7.11 Å². The second-order valence-electron chi connectivity index (χ2n) is 8.66. The molecule has 0 bridgehead atoms. The molecule has 1 aromatic rings. The highest BCUT2D eigenvalue weighted by Gasteiger charge is 2.40. The van der Waals surface area contributed by atoms with Gasteiger partial charge in [0.15, 0.2) is 5.96 Å². The molecule has 182 valence electrons. The summed E-state index contributed by atoms with van der Waals surface area (Å²) in [5.74, 6) is -0.0644. The Bertz CT molecular complexity index is 701. The van der Waals surface area contributed by atoms with E-state index in [9.17, 15) is 8.78 Å². The number of likely N-dealkylation sites (tertiary alicyclic amines) is 1. The molecule has 8 heteroatoms. The van der Waals surface area contributed by atoms with Crippen LogP contribution in [0.4, 0.5) is 8.78 Å². The number of halogens is 3. The maximum absolute atomic E-state index is 14.6. The minimum Gasteiger partial charge on any atom is -0.385 e. The first-order chi connectivity index (χ1) is 15.1. The smallest absolute Gasteiger partial charge is 0.193 e. The molecule has 0 radical (unpaired) electrons. The lowest BCUT2D eigenvalue weighted by Crippen LogP contribution is -2.47. The predicted octanol–water partition coefficient (Wildman–Crippen LogP) is 4.88. The summed E-state index contributed by atoms with van der Waals surface area (Å²) in [6, 6.07) is 4.17. The normalized spacial score (nSPS) is 19.1. The minimum absolute atomic E-state index is 0. The number of nitrogens with zero attached hydrogens (tertiary/aromatic N) is 2. The summed E-state index contributed by atoms with van der Waals surface area (Å²) in [5, 5.41) is 3.38. The number of aliphatic imine (C=N–C) groups is 1. The average molecular weight is 565 g/mol. The monoisotopic (exact) mass is 565 g/mol. The summed E-state index contributed by atoms with van der Waals surface area (Å²) < 4.78 is 40.3. The molecule has 1 aliphatic heterocycles. The lowest BCUT2D eigenvalue weighted by molar-refractivity contribution is 0.00988. The Labute approximate surface area is 208 Å². The second kappa shape index (κ2) is 13.6. The molecule has 1 N–H and O–H groups in total. The van der Waals surface area contributed by atoms with E-state index in [1.807, 2.05) is 6.92 Å². The largest absolute Gasteiger partial charge is 0.385 e. The highest BCUT2D eigenvalue weighted by atomic mass is 127. The van der Waals surface area contributed by atoms with Crippen molar-refractivity contribution in [3.8, 4) is 0 Å². The van der Waals surface area contributed by atoms with Crippen LogP contribution in [0.25, 0.3) is 0 Å². The van der Waals surface area contributed by atoms with Crippen LogP contribution in [0, 0.1) is 11.6 Å². The molecule has 1 aromatic carbocycles. The van der Waals surface area contributed by atoms with E-state index in [-0.39, 0.29) is 35.6 Å². The molecule has 2 fully saturated rings. The van der Waals surface area contributed by atoms with Crippen molar-refractivity contribution in [2.45, 2.75) is 63.4 Å². The van der Waals surface area contributed by atoms with E-state index in [2.05, 4.69) is 10.2 Å². The molecule has 0 spiro atoms. The SMILES string of the molecule is CCNC(=NCC1(c2c(F)cccc2F)CCCC1)N1CCC(OCCCOC)CC1.I. The maximum atomic E-state index is 14.6. The van der Waals surface area contributed by atoms with Gasteiger partial charge in [0, 0.05) is 50.9 Å². The van der Waals surface area contributed by atoms with Crippen LogP contribution in [0.15, 0.2) is 23.2 Å². The van der Waals surface area contributed by atoms with Gasteiger partial charge in [-0.3, -0.25) is 4.99 Å². The Balaban J connectivity index is 0.00000363. The van der Waals surface area contributed by atoms with Gasteiger partial charge < -0.3 is 19.7 Å². The molecule has 5 nitrogen and oxygen atoms in total. The molecule has 1 heterocycles. The van der Waals surface area contributed by atoms with Gasteiger partial charge in [0.25, 0.3) is 0 Å². The molecule has 1 aliphatic carbocycles. The van der Waals surface area contributed by atoms with Gasteiger partial charge in [-0.15, -0.1) is 24.0 Å². The third-order valence-corrected chi connectivity index (χ3v) is 6.51. The lowest BCUT2D eigenvalue weighted by atomic mass is 9.78. The van der Waals surface area contributed by atoms with Crippen LogP contribution in [-0.2, 0) is 14.9 Å². The third-order valence-electron chi connectivity index (χ3n) is 6.51. The van der Waals surface area contributed by atoms with Crippen molar-refractivity contribution in [1.29, 1.82) is 0 Å². The Morgan fingerprint density at radius 3 is 2.41 bits per heavy atom. The molecule has 0 amide bonds. The summed E-state index contributed by atoms with van der Waals surface area (Å²) in [5.41, 5.74) is -0.339. The molecule has 0 unspecified atom stereocenters. The summed E-state index contributed by atoms with van der Waals surface area (Å²) >= 11 is 0. The number of ether oxygens (including phenoxy) is 2. The molecule has 3 rings (SSSR count). The fourth-order valence-electron chi connectivity index (χ4n) is 4.88. The van der Waals surface area contributed by atoms with Crippen LogP contribution in [0.5, 0.6) is 0 Å². The van der Waals surface area contributed by atoms with E-state index in [0.717, 1.165) is 83.8 Å². The van der Waals surface area contributed by atoms with Crippen molar-refractivity contribution in [3.63, 3.8) is 0 Å². The molecule has 1 saturated heterocycles. The fourth-order valence-corrected chi connectivity index (χ4v) is 4.88. The molecular formula is C24H38F2IN3O2. The number of hydrogen-bond acceptors (Lipinski definition) is 3. The zero-order chi connectivity index (χ0) is 22.1. The van der Waals surface area contributed by atoms with Crippen LogP contribution in [0.1, 0.15) is 57.4 Å². The minimum atomic E-state index is -0.557. The first kappa shape index (κ1) is 27.2. The van der Waals surface area contributed by atoms with Gasteiger partial charge >= 0.3 is 0 Å². The first-order valence-corrected chi connectivity index (χ1v) is 11.7. The van der Waals surface area contributed by atoms with Gasteiger partial charge in [0.2, 0.25) is 0 Å². The molecule has 0 aromatic heterocycles. The summed E-state index contributed by atoms with van der Waals surface area (Å²) in [7, 11) is 1.70. The Kier molecular flexibility index (Phi) is 11.6. The predicted molar refractivity (Wildman–Crippen MR) is 135 cm³/mol. The van der Waals surface area contributed by atoms with Gasteiger partial charge in [-0.1, -0.05) is 18.9 Å². The van der Waals surface area contributed by atoms with Gasteiger partial charge in [-0.2, -0.15) is 0 Å². The van der Waals surface area contributed by atoms with Crippen LogP contribution in [0.3, 0.4) is 0 Å². The van der Waals surface area contributed by atoms with E-state index in [1.165, 1.54) is 18.2 Å². The molecule has 1 saturated carbocycles. The number of rotatable bonds is 9. The van der Waals surface area contributed by atoms with Crippen LogP contribution >= 0.6 is 24.0 Å². The zero-order valence-electron chi connectivity index (χ0n) is 19.4. The van der Waals surface area contributed by atoms with Crippen molar-refractivity contribution in [3.05, 3.63) is 35.4 Å². The third kappa shape index (κ3) is 7.00.